The zero-order valence-electron chi connectivity index (χ0n) is 15.4. The van der Waals surface area contributed by atoms with E-state index in [0.29, 0.717) is 6.61 Å². The third-order valence-electron chi connectivity index (χ3n) is 5.29. The minimum Gasteiger partial charge on any atom is -0.479 e. The second kappa shape index (κ2) is 7.00. The summed E-state index contributed by atoms with van der Waals surface area (Å²) in [5.74, 6) is -1.84. The van der Waals surface area contributed by atoms with E-state index in [1.807, 2.05) is 6.92 Å². The number of ether oxygens (including phenoxy) is 1. The highest BCUT2D eigenvalue weighted by molar-refractivity contribution is 7.91. The number of benzene rings is 1. The van der Waals surface area contributed by atoms with Crippen LogP contribution in [0, 0.1) is 5.41 Å². The monoisotopic (exact) mass is 383 g/mol. The van der Waals surface area contributed by atoms with Crippen LogP contribution >= 0.6 is 0 Å². The van der Waals surface area contributed by atoms with Crippen LogP contribution in [0.15, 0.2) is 29.2 Å². The number of carbonyl (C=O) groups excluding carboxylic acids is 1. The van der Waals surface area contributed by atoms with Crippen molar-refractivity contribution in [3.05, 3.63) is 29.8 Å². The lowest BCUT2D eigenvalue weighted by Gasteiger charge is -2.58. The number of rotatable bonds is 7. The van der Waals surface area contributed by atoms with Crippen LogP contribution in [0.25, 0.3) is 0 Å². The Morgan fingerprint density at radius 3 is 2.46 bits per heavy atom. The van der Waals surface area contributed by atoms with Gasteiger partial charge in [-0.1, -0.05) is 26.8 Å². The number of carbonyl (C=O) groups is 2. The molecule has 1 aliphatic carbocycles. The van der Waals surface area contributed by atoms with E-state index in [-0.39, 0.29) is 28.7 Å². The second-order valence-electron chi connectivity index (χ2n) is 6.97. The van der Waals surface area contributed by atoms with Crippen molar-refractivity contribution < 1.29 is 27.9 Å². The van der Waals surface area contributed by atoms with E-state index in [2.05, 4.69) is 5.32 Å². The second-order valence-corrected chi connectivity index (χ2v) is 9.24. The van der Waals surface area contributed by atoms with Crippen molar-refractivity contribution in [2.24, 2.45) is 5.41 Å². The molecule has 2 rings (SSSR count). The molecule has 7 nitrogen and oxygen atoms in total. The van der Waals surface area contributed by atoms with Gasteiger partial charge in [0.05, 0.1) is 16.8 Å². The van der Waals surface area contributed by atoms with E-state index >= 15 is 0 Å². The molecule has 144 valence electrons. The van der Waals surface area contributed by atoms with Crippen LogP contribution in [-0.4, -0.2) is 49.4 Å². The molecule has 1 aromatic rings. The Morgan fingerprint density at radius 1 is 1.31 bits per heavy atom. The van der Waals surface area contributed by atoms with Crippen LogP contribution in [0.2, 0.25) is 0 Å². The molecule has 0 radical (unpaired) electrons. The molecule has 0 aromatic heterocycles. The van der Waals surface area contributed by atoms with Crippen molar-refractivity contribution in [2.75, 3.05) is 12.4 Å². The quantitative estimate of drug-likeness (QED) is 0.744. The van der Waals surface area contributed by atoms with Crippen molar-refractivity contribution >= 4 is 21.7 Å². The topological polar surface area (TPSA) is 110 Å². The maximum Gasteiger partial charge on any atom is 0.330 e. The number of carboxylic acids is 1. The molecule has 0 aliphatic heterocycles. The van der Waals surface area contributed by atoms with Gasteiger partial charge in [0, 0.05) is 24.0 Å². The minimum atomic E-state index is -3.46. The molecule has 0 bridgehead atoms. The highest BCUT2D eigenvalue weighted by Crippen LogP contribution is 2.51. The van der Waals surface area contributed by atoms with Gasteiger partial charge in [-0.25, -0.2) is 13.2 Å². The summed E-state index contributed by atoms with van der Waals surface area (Å²) in [6.07, 6.45) is -0.127. The Kier molecular flexibility index (Phi) is 5.49. The Hall–Kier alpha value is -1.93. The number of amides is 1. The lowest BCUT2D eigenvalue weighted by atomic mass is 9.54. The van der Waals surface area contributed by atoms with Gasteiger partial charge in [-0.15, -0.1) is 0 Å². The van der Waals surface area contributed by atoms with Gasteiger partial charge < -0.3 is 15.2 Å². The van der Waals surface area contributed by atoms with E-state index in [1.54, 1.807) is 13.8 Å². The zero-order chi connectivity index (χ0) is 19.8. The van der Waals surface area contributed by atoms with Gasteiger partial charge in [0.2, 0.25) is 0 Å². The maximum absolute atomic E-state index is 12.7. The molecule has 2 unspecified atom stereocenters. The van der Waals surface area contributed by atoms with Gasteiger partial charge in [-0.05, 0) is 25.1 Å². The van der Waals surface area contributed by atoms with Gasteiger partial charge >= 0.3 is 5.97 Å². The van der Waals surface area contributed by atoms with Gasteiger partial charge in [0.25, 0.3) is 5.91 Å². The summed E-state index contributed by atoms with van der Waals surface area (Å²) in [5.41, 5.74) is -2.17. The molecule has 1 saturated carbocycles. The molecule has 0 saturated heterocycles. The summed E-state index contributed by atoms with van der Waals surface area (Å²) in [4.78, 5) is 24.6. The molecule has 2 N–H and O–H groups in total. The fraction of sp³-hybridized carbons (Fsp3) is 0.556. The molecule has 1 aromatic carbocycles. The van der Waals surface area contributed by atoms with Crippen molar-refractivity contribution in [1.82, 2.24) is 5.32 Å². The number of hydrogen-bond donors (Lipinski definition) is 2. The van der Waals surface area contributed by atoms with Crippen molar-refractivity contribution in [2.45, 2.75) is 50.7 Å². The van der Waals surface area contributed by atoms with Gasteiger partial charge in [-0.3, -0.25) is 4.79 Å². The fourth-order valence-corrected chi connectivity index (χ4v) is 4.23. The third kappa shape index (κ3) is 3.23. The van der Waals surface area contributed by atoms with Gasteiger partial charge in [-0.2, -0.15) is 0 Å². The highest BCUT2D eigenvalue weighted by Gasteiger charge is 2.66. The molecule has 0 heterocycles. The van der Waals surface area contributed by atoms with Crippen LogP contribution in [-0.2, 0) is 19.4 Å². The molecule has 1 aliphatic rings. The van der Waals surface area contributed by atoms with E-state index in [4.69, 9.17) is 4.74 Å². The molecule has 1 amide bonds. The number of aliphatic carboxylic acids is 1. The van der Waals surface area contributed by atoms with Crippen LogP contribution in [0.3, 0.4) is 0 Å². The Balaban J connectivity index is 2.31. The van der Waals surface area contributed by atoms with E-state index < -0.39 is 32.7 Å². The Bertz CT molecular complexity index is 817. The number of nitrogens with one attached hydrogen (secondary N) is 1. The maximum atomic E-state index is 12.7. The summed E-state index contributed by atoms with van der Waals surface area (Å²) in [7, 11) is -3.46. The van der Waals surface area contributed by atoms with Gasteiger partial charge in [0.1, 0.15) is 5.54 Å². The largest absolute Gasteiger partial charge is 0.479 e. The standard InChI is InChI=1S/C18H25NO6S/c1-5-25-14-11-18(16(21)22,17(14,3)4)19-15(20)12-8-7-9-13(10-12)26(23,24)6-2/h7-10,14H,5-6,11H2,1-4H3,(H,19,20)(H,21,22). The van der Waals surface area contributed by atoms with Crippen LogP contribution in [0.4, 0.5) is 0 Å². The van der Waals surface area contributed by atoms with Crippen molar-refractivity contribution in [1.29, 1.82) is 0 Å². The summed E-state index contributed by atoms with van der Waals surface area (Å²) in [6.45, 7) is 7.28. The molecule has 2 atom stereocenters. The first-order valence-corrected chi connectivity index (χ1v) is 10.2. The SMILES string of the molecule is CCOC1CC(NC(=O)c2cccc(S(=O)(=O)CC)c2)(C(=O)O)C1(C)C. The predicted molar refractivity (Wildman–Crippen MR) is 95.8 cm³/mol. The lowest BCUT2D eigenvalue weighted by molar-refractivity contribution is -0.190. The molecular weight excluding hydrogens is 358 g/mol. The highest BCUT2D eigenvalue weighted by atomic mass is 32.2. The lowest BCUT2D eigenvalue weighted by Crippen LogP contribution is -2.76. The third-order valence-corrected chi connectivity index (χ3v) is 7.02. The predicted octanol–water partition coefficient (Wildman–Crippen LogP) is 1.87. The van der Waals surface area contributed by atoms with Crippen LogP contribution < -0.4 is 5.32 Å². The number of carboxylic acid groups (broad SMARTS) is 1. The molecule has 1 fully saturated rings. The van der Waals surface area contributed by atoms with Crippen molar-refractivity contribution in [3.63, 3.8) is 0 Å². The first-order valence-electron chi connectivity index (χ1n) is 8.52. The van der Waals surface area contributed by atoms with Crippen molar-refractivity contribution in [3.8, 4) is 0 Å². The molecule has 8 heteroatoms. The first kappa shape index (κ1) is 20.4. The van der Waals surface area contributed by atoms with Crippen LogP contribution in [0.1, 0.15) is 44.5 Å². The summed E-state index contributed by atoms with van der Waals surface area (Å²) < 4.78 is 29.6. The Morgan fingerprint density at radius 2 is 1.96 bits per heavy atom. The summed E-state index contributed by atoms with van der Waals surface area (Å²) in [5, 5.41) is 12.4. The summed E-state index contributed by atoms with van der Waals surface area (Å²) in [6, 6.07) is 5.63. The molecule has 26 heavy (non-hydrogen) atoms. The van der Waals surface area contributed by atoms with Crippen LogP contribution in [0.5, 0.6) is 0 Å². The van der Waals surface area contributed by atoms with E-state index in [9.17, 15) is 23.1 Å². The zero-order valence-corrected chi connectivity index (χ0v) is 16.2. The first-order chi connectivity index (χ1) is 12.0. The molecule has 0 spiro atoms. The minimum absolute atomic E-state index is 0.0390. The fourth-order valence-electron chi connectivity index (χ4n) is 3.30. The summed E-state index contributed by atoms with van der Waals surface area (Å²) >= 11 is 0. The average molecular weight is 383 g/mol. The smallest absolute Gasteiger partial charge is 0.330 e. The number of hydrogen-bond acceptors (Lipinski definition) is 5. The average Bonchev–Trinajstić information content (AvgIpc) is 2.60. The van der Waals surface area contributed by atoms with E-state index in [0.717, 1.165) is 0 Å². The Labute approximate surface area is 153 Å². The van der Waals surface area contributed by atoms with E-state index in [1.165, 1.54) is 31.2 Å². The molecular formula is C18H25NO6S. The normalized spacial score (nSPS) is 24.5. The van der Waals surface area contributed by atoms with Gasteiger partial charge in [0.15, 0.2) is 9.84 Å². The number of sulfone groups is 1.